The molecule has 1 aliphatic carbocycles. The van der Waals surface area contributed by atoms with Gasteiger partial charge in [0.2, 0.25) is 11.9 Å². The van der Waals surface area contributed by atoms with Gasteiger partial charge < -0.3 is 25.6 Å². The third kappa shape index (κ3) is 7.36. The second kappa shape index (κ2) is 14.2. The van der Waals surface area contributed by atoms with Gasteiger partial charge in [-0.15, -0.1) is 0 Å². The summed E-state index contributed by atoms with van der Waals surface area (Å²) in [6.45, 7) is 6.61. The van der Waals surface area contributed by atoms with Gasteiger partial charge in [-0.25, -0.2) is 19.2 Å². The smallest absolute Gasteiger partial charge is 0.413 e. The fourth-order valence-corrected chi connectivity index (χ4v) is 6.57. The van der Waals surface area contributed by atoms with Crippen molar-refractivity contribution in [2.75, 3.05) is 50.1 Å². The minimum Gasteiger partial charge on any atom is -0.452 e. The van der Waals surface area contributed by atoms with Crippen LogP contribution in [0.3, 0.4) is 0 Å². The summed E-state index contributed by atoms with van der Waals surface area (Å²) >= 11 is 0. The fraction of sp³-hybridized carbons (Fsp3) is 0.613. The van der Waals surface area contributed by atoms with Crippen LogP contribution in [0.4, 0.5) is 20.8 Å². The van der Waals surface area contributed by atoms with Crippen LogP contribution in [0, 0.1) is 11.7 Å². The van der Waals surface area contributed by atoms with Crippen LogP contribution < -0.4 is 20.9 Å². The minimum absolute atomic E-state index is 0. The molecule has 0 bridgehead atoms. The van der Waals surface area contributed by atoms with Gasteiger partial charge in [-0.1, -0.05) is 12.1 Å². The van der Waals surface area contributed by atoms with Crippen molar-refractivity contribution in [3.63, 3.8) is 0 Å². The van der Waals surface area contributed by atoms with Gasteiger partial charge in [0.1, 0.15) is 5.69 Å². The molecule has 0 atom stereocenters. The van der Waals surface area contributed by atoms with Crippen LogP contribution >= 0.6 is 0 Å². The third-order valence-electron chi connectivity index (χ3n) is 9.02. The number of carbonyl (C=O) groups is 2. The van der Waals surface area contributed by atoms with Crippen molar-refractivity contribution in [3.8, 4) is 11.3 Å². The highest BCUT2D eigenvalue weighted by molar-refractivity contribution is 5.88. The Morgan fingerprint density at radius 3 is 2.52 bits per heavy atom. The van der Waals surface area contributed by atoms with Crippen molar-refractivity contribution in [2.24, 2.45) is 5.92 Å². The zero-order chi connectivity index (χ0) is 29.5. The van der Waals surface area contributed by atoms with Crippen LogP contribution in [-0.4, -0.2) is 84.8 Å². The lowest BCUT2D eigenvalue weighted by Crippen LogP contribution is -2.51. The van der Waals surface area contributed by atoms with Crippen LogP contribution in [-0.2, 0) is 9.53 Å². The summed E-state index contributed by atoms with van der Waals surface area (Å²) in [6.07, 6.45) is 8.43. The van der Waals surface area contributed by atoms with E-state index in [1.165, 1.54) is 31.0 Å². The van der Waals surface area contributed by atoms with Crippen molar-refractivity contribution < 1.29 is 21.6 Å². The SMILES string of the molecule is CCN(C(=O)OC)c1cccc(-c2nc(NC3CCC(C(=O)NC4CCN(C5CCNCC5)CC4)CC3)ncc2F)c1.[HH].[HH]. The summed E-state index contributed by atoms with van der Waals surface area (Å²) in [5.41, 5.74) is 1.30. The Bertz CT molecular complexity index is 1220. The number of hydrogen-bond donors (Lipinski definition) is 3. The van der Waals surface area contributed by atoms with Crippen molar-refractivity contribution in [1.82, 2.24) is 25.5 Å². The number of aromatic nitrogens is 2. The second-order valence-electron chi connectivity index (χ2n) is 11.6. The van der Waals surface area contributed by atoms with Crippen LogP contribution in [0.1, 0.15) is 61.1 Å². The molecular formula is C31H48FN7O3. The molecule has 3 heterocycles. The molecule has 0 spiro atoms. The molecule has 10 nitrogen and oxygen atoms in total. The largest absolute Gasteiger partial charge is 0.452 e. The van der Waals surface area contributed by atoms with E-state index in [1.807, 2.05) is 6.92 Å². The van der Waals surface area contributed by atoms with Crippen molar-refractivity contribution >= 4 is 23.6 Å². The van der Waals surface area contributed by atoms with Gasteiger partial charge in [-0.05, 0) is 83.5 Å². The number of methoxy groups -OCH3 is 1. The Morgan fingerprint density at radius 2 is 1.83 bits per heavy atom. The molecule has 2 aromatic rings. The summed E-state index contributed by atoms with van der Waals surface area (Å²) < 4.78 is 19.7. The average Bonchev–Trinajstić information content (AvgIpc) is 3.03. The summed E-state index contributed by atoms with van der Waals surface area (Å²) in [4.78, 5) is 37.9. The van der Waals surface area contributed by atoms with Gasteiger partial charge in [-0.2, -0.15) is 0 Å². The van der Waals surface area contributed by atoms with Crippen LogP contribution in [0.2, 0.25) is 0 Å². The highest BCUT2D eigenvalue weighted by atomic mass is 19.1. The number of ether oxygens (including phenoxy) is 1. The molecule has 3 N–H and O–H groups in total. The predicted octanol–water partition coefficient (Wildman–Crippen LogP) is 4.67. The quantitative estimate of drug-likeness (QED) is 0.410. The van der Waals surface area contributed by atoms with E-state index in [0.717, 1.165) is 64.7 Å². The first-order valence-electron chi connectivity index (χ1n) is 15.4. The van der Waals surface area contributed by atoms with Crippen molar-refractivity contribution in [3.05, 3.63) is 36.3 Å². The van der Waals surface area contributed by atoms with Crippen molar-refractivity contribution in [1.29, 1.82) is 0 Å². The Morgan fingerprint density at radius 1 is 1.10 bits per heavy atom. The number of carbonyl (C=O) groups excluding carboxylic acids is 2. The van der Waals surface area contributed by atoms with E-state index in [2.05, 4.69) is 30.8 Å². The number of hydrogen-bond acceptors (Lipinski definition) is 8. The van der Waals surface area contributed by atoms with Crippen LogP contribution in [0.15, 0.2) is 30.5 Å². The highest BCUT2D eigenvalue weighted by Gasteiger charge is 2.31. The third-order valence-corrected chi connectivity index (χ3v) is 9.02. The van der Waals surface area contributed by atoms with Gasteiger partial charge in [0.25, 0.3) is 0 Å². The van der Waals surface area contributed by atoms with Crippen molar-refractivity contribution in [2.45, 2.75) is 76.4 Å². The molecule has 42 heavy (non-hydrogen) atoms. The lowest BCUT2D eigenvalue weighted by Gasteiger charge is -2.40. The maximum absolute atomic E-state index is 14.8. The Kier molecular flexibility index (Phi) is 10.2. The molecule has 232 valence electrons. The number of piperidine rings is 2. The molecule has 3 fully saturated rings. The molecule has 0 unspecified atom stereocenters. The van der Waals surface area contributed by atoms with Gasteiger partial charge in [0, 0.05) is 57.8 Å². The van der Waals surface area contributed by atoms with Gasteiger partial charge in [0.15, 0.2) is 5.82 Å². The number of anilines is 2. The fourth-order valence-electron chi connectivity index (χ4n) is 6.57. The predicted molar refractivity (Wildman–Crippen MR) is 165 cm³/mol. The number of likely N-dealkylation sites (tertiary alicyclic amines) is 1. The first-order valence-corrected chi connectivity index (χ1v) is 15.4. The van der Waals surface area contributed by atoms with E-state index in [9.17, 15) is 14.0 Å². The van der Waals surface area contributed by atoms with Crippen LogP contribution in [0.25, 0.3) is 11.3 Å². The molecule has 2 amide bonds. The number of nitrogens with one attached hydrogen (secondary N) is 3. The first-order chi connectivity index (χ1) is 20.4. The molecule has 1 aromatic carbocycles. The molecule has 2 aliphatic heterocycles. The maximum atomic E-state index is 14.8. The second-order valence-corrected chi connectivity index (χ2v) is 11.6. The molecule has 11 heteroatoms. The maximum Gasteiger partial charge on any atom is 0.413 e. The number of nitrogens with zero attached hydrogens (tertiary/aromatic N) is 4. The molecule has 1 saturated carbocycles. The van der Waals surface area contributed by atoms with E-state index in [1.54, 1.807) is 24.3 Å². The van der Waals surface area contributed by atoms with E-state index in [-0.39, 0.29) is 32.5 Å². The minimum atomic E-state index is -0.541. The Balaban J connectivity index is 0.00000264. The van der Waals surface area contributed by atoms with E-state index >= 15 is 0 Å². The molecular weight excluding hydrogens is 537 g/mol. The van der Waals surface area contributed by atoms with Gasteiger partial charge in [0.05, 0.1) is 13.3 Å². The molecule has 3 aliphatic rings. The summed E-state index contributed by atoms with van der Waals surface area (Å²) in [6, 6.07) is 8.08. The van der Waals surface area contributed by atoms with Gasteiger partial charge in [-0.3, -0.25) is 9.69 Å². The monoisotopic (exact) mass is 585 g/mol. The van der Waals surface area contributed by atoms with Crippen LogP contribution in [0.5, 0.6) is 0 Å². The number of halogens is 1. The van der Waals surface area contributed by atoms with E-state index in [4.69, 9.17) is 4.74 Å². The summed E-state index contributed by atoms with van der Waals surface area (Å²) in [5.74, 6) is 0.0163. The van der Waals surface area contributed by atoms with E-state index in [0.29, 0.717) is 29.8 Å². The zero-order valence-electron chi connectivity index (χ0n) is 24.8. The Labute approximate surface area is 250 Å². The summed E-state index contributed by atoms with van der Waals surface area (Å²) in [5, 5.41) is 10.1. The lowest BCUT2D eigenvalue weighted by atomic mass is 9.85. The lowest BCUT2D eigenvalue weighted by molar-refractivity contribution is -0.127. The first kappa shape index (κ1) is 30.2. The molecule has 5 rings (SSSR count). The normalized spacial score (nSPS) is 22.4. The Hall–Kier alpha value is -3.31. The average molecular weight is 586 g/mol. The zero-order valence-corrected chi connectivity index (χ0v) is 24.8. The van der Waals surface area contributed by atoms with Gasteiger partial charge >= 0.3 is 6.09 Å². The molecule has 1 aromatic heterocycles. The number of rotatable bonds is 8. The molecule has 2 saturated heterocycles. The number of amides is 2. The number of benzene rings is 1. The molecule has 0 radical (unpaired) electrons. The highest BCUT2D eigenvalue weighted by Crippen LogP contribution is 2.29. The summed E-state index contributed by atoms with van der Waals surface area (Å²) in [7, 11) is 1.33. The van der Waals surface area contributed by atoms with E-state index < -0.39 is 11.9 Å². The topological polar surface area (TPSA) is 112 Å². The standard InChI is InChI=1S/C31H44FN7O3.2H2/c1-3-39(31(41)42-2)26-6-4-5-22(19-26)28-27(32)20-34-30(37-28)36-23-9-7-21(8-10-23)29(40)35-24-13-17-38(18-14-24)25-11-15-33-16-12-25;;/h4-6,19-21,23-25,33H,3,7-18H2,1-2H3,(H,35,40)(H,34,36,37);2*1H.